The maximum atomic E-state index is 5.44. The molecular formula is C27H33N2O+. The smallest absolute Gasteiger partial charge is 0.237 e. The van der Waals surface area contributed by atoms with E-state index in [1.165, 1.54) is 85.1 Å². The number of unbranched alkanes of at least 4 members (excludes halogenated alkanes) is 2. The van der Waals surface area contributed by atoms with Crippen molar-refractivity contribution in [2.75, 3.05) is 7.11 Å². The Morgan fingerprint density at radius 2 is 1.80 bits per heavy atom. The number of hydrogen-bond acceptors (Lipinski definition) is 1. The molecular weight excluding hydrogens is 368 g/mol. The molecule has 30 heavy (non-hydrogen) atoms. The lowest BCUT2D eigenvalue weighted by Crippen LogP contribution is -2.07. The maximum absolute atomic E-state index is 5.44. The highest BCUT2D eigenvalue weighted by molar-refractivity contribution is 6.06. The highest BCUT2D eigenvalue weighted by Crippen LogP contribution is 2.31. The largest absolute Gasteiger partial charge is 0.497 e. The van der Waals surface area contributed by atoms with E-state index in [-0.39, 0.29) is 0 Å². The fourth-order valence-corrected chi connectivity index (χ4v) is 5.38. The van der Waals surface area contributed by atoms with Crippen molar-refractivity contribution in [1.29, 1.82) is 0 Å². The summed E-state index contributed by atoms with van der Waals surface area (Å²) in [6, 6.07) is 17.4. The van der Waals surface area contributed by atoms with Crippen LogP contribution in [-0.4, -0.2) is 11.7 Å². The van der Waals surface area contributed by atoms with E-state index in [1.807, 2.05) is 6.07 Å². The number of aromatic amines is 1. The third-order valence-corrected chi connectivity index (χ3v) is 7.04. The van der Waals surface area contributed by atoms with Gasteiger partial charge in [0.25, 0.3) is 0 Å². The summed E-state index contributed by atoms with van der Waals surface area (Å²) in [5.74, 6) is 1.91. The topological polar surface area (TPSA) is 28.3 Å². The fraction of sp³-hybridized carbons (Fsp3) is 0.444. The van der Waals surface area contributed by atoms with E-state index in [9.17, 15) is 0 Å². The van der Waals surface area contributed by atoms with Crippen molar-refractivity contribution in [2.45, 2.75) is 64.3 Å². The van der Waals surface area contributed by atoms with E-state index in [0.29, 0.717) is 0 Å². The molecule has 1 saturated carbocycles. The van der Waals surface area contributed by atoms with Crippen LogP contribution in [-0.2, 0) is 6.54 Å². The van der Waals surface area contributed by atoms with Crippen molar-refractivity contribution in [1.82, 2.24) is 4.57 Å². The Morgan fingerprint density at radius 3 is 2.67 bits per heavy atom. The molecule has 3 heteroatoms. The molecule has 0 atom stereocenters. The Labute approximate surface area is 179 Å². The zero-order chi connectivity index (χ0) is 20.3. The van der Waals surface area contributed by atoms with Crippen molar-refractivity contribution in [3.63, 3.8) is 0 Å². The predicted molar refractivity (Wildman–Crippen MR) is 125 cm³/mol. The number of hydrogen-bond donors (Lipinski definition) is 0. The molecule has 2 aromatic heterocycles. The molecule has 0 unspecified atom stereocenters. The number of aromatic nitrogens is 2. The molecule has 0 amide bonds. The van der Waals surface area contributed by atoms with Crippen molar-refractivity contribution < 1.29 is 9.72 Å². The quantitative estimate of drug-likeness (QED) is 0.309. The Bertz CT molecular complexity index is 1150. The summed E-state index contributed by atoms with van der Waals surface area (Å²) in [4.78, 5) is 3.69. The second kappa shape index (κ2) is 8.67. The number of rotatable bonds is 7. The van der Waals surface area contributed by atoms with Crippen molar-refractivity contribution in [3.05, 3.63) is 48.5 Å². The van der Waals surface area contributed by atoms with E-state index >= 15 is 0 Å². The predicted octanol–water partition coefficient (Wildman–Crippen LogP) is 6.91. The number of aryl methyl sites for hydroxylation is 1. The minimum atomic E-state index is 0.903. The number of ether oxygens (including phenoxy) is 1. The molecule has 0 saturated heterocycles. The molecule has 0 aliphatic heterocycles. The van der Waals surface area contributed by atoms with Gasteiger partial charge in [-0.2, -0.15) is 0 Å². The third kappa shape index (κ3) is 3.78. The molecule has 1 aliphatic carbocycles. The highest BCUT2D eigenvalue weighted by atomic mass is 16.5. The van der Waals surface area contributed by atoms with E-state index in [0.717, 1.165) is 23.7 Å². The van der Waals surface area contributed by atoms with E-state index in [1.54, 1.807) is 7.11 Å². The minimum Gasteiger partial charge on any atom is -0.497 e. The van der Waals surface area contributed by atoms with Crippen LogP contribution in [0.2, 0.25) is 0 Å². The first kappa shape index (κ1) is 19.4. The van der Waals surface area contributed by atoms with Gasteiger partial charge in [0, 0.05) is 12.6 Å². The molecule has 2 aromatic carbocycles. The Hall–Kier alpha value is -2.55. The summed E-state index contributed by atoms with van der Waals surface area (Å²) in [6.45, 7) is 1.08. The van der Waals surface area contributed by atoms with Gasteiger partial charge in [-0.15, -0.1) is 0 Å². The number of para-hydroxylation sites is 1. The number of benzene rings is 2. The zero-order valence-electron chi connectivity index (χ0n) is 18.1. The fourth-order valence-electron chi connectivity index (χ4n) is 5.38. The number of H-pyrrole nitrogens is 1. The van der Waals surface area contributed by atoms with Gasteiger partial charge in [0.05, 0.1) is 23.4 Å². The van der Waals surface area contributed by atoms with Gasteiger partial charge in [-0.05, 0) is 42.7 Å². The van der Waals surface area contributed by atoms with Crippen LogP contribution in [0.4, 0.5) is 0 Å². The van der Waals surface area contributed by atoms with Gasteiger partial charge < -0.3 is 9.30 Å². The van der Waals surface area contributed by atoms with Crippen LogP contribution in [0.1, 0.15) is 57.8 Å². The second-order valence-electron chi connectivity index (χ2n) is 9.00. The minimum absolute atomic E-state index is 0.903. The third-order valence-electron chi connectivity index (χ3n) is 7.04. The number of nitrogens with zero attached hydrogens (tertiary/aromatic N) is 1. The number of fused-ring (bicyclic) bond motifs is 4. The lowest BCUT2D eigenvalue weighted by molar-refractivity contribution is -0.309. The summed E-state index contributed by atoms with van der Waals surface area (Å²) in [7, 11) is 1.73. The molecule has 0 spiro atoms. The average Bonchev–Trinajstić information content (AvgIpc) is 3.10. The molecule has 4 aromatic rings. The van der Waals surface area contributed by atoms with Crippen molar-refractivity contribution in [2.24, 2.45) is 5.92 Å². The zero-order valence-corrected chi connectivity index (χ0v) is 18.1. The molecule has 2 heterocycles. The molecule has 5 rings (SSSR count). The molecule has 1 fully saturated rings. The lowest BCUT2D eigenvalue weighted by Gasteiger charge is -2.21. The Kier molecular flexibility index (Phi) is 5.61. The van der Waals surface area contributed by atoms with Gasteiger partial charge in [-0.1, -0.05) is 63.5 Å². The molecule has 1 aliphatic rings. The van der Waals surface area contributed by atoms with Gasteiger partial charge >= 0.3 is 0 Å². The van der Waals surface area contributed by atoms with Gasteiger partial charge in [-0.25, -0.2) is 4.98 Å². The lowest BCUT2D eigenvalue weighted by atomic mass is 9.85. The summed E-state index contributed by atoms with van der Waals surface area (Å²) in [5.41, 5.74) is 5.02. The van der Waals surface area contributed by atoms with Gasteiger partial charge in [0.1, 0.15) is 11.3 Å². The van der Waals surface area contributed by atoms with Crippen LogP contribution in [0.25, 0.3) is 32.8 Å². The van der Waals surface area contributed by atoms with Crippen LogP contribution < -0.4 is 9.72 Å². The molecule has 0 bridgehead atoms. The molecule has 3 nitrogen and oxygen atoms in total. The van der Waals surface area contributed by atoms with E-state index in [2.05, 4.69) is 52.0 Å². The van der Waals surface area contributed by atoms with E-state index in [4.69, 9.17) is 4.74 Å². The monoisotopic (exact) mass is 401 g/mol. The number of nitrogens with one attached hydrogen (secondary N) is 1. The highest BCUT2D eigenvalue weighted by Gasteiger charge is 2.18. The van der Waals surface area contributed by atoms with Crippen LogP contribution in [0.3, 0.4) is 0 Å². The summed E-state index contributed by atoms with van der Waals surface area (Å²) in [5, 5.41) is 2.51. The van der Waals surface area contributed by atoms with Gasteiger partial charge in [0.15, 0.2) is 0 Å². The molecule has 1 N–H and O–H groups in total. The maximum Gasteiger partial charge on any atom is 0.237 e. The number of methoxy groups -OCH3 is 1. The Balaban J connectivity index is 1.40. The first-order valence-electron chi connectivity index (χ1n) is 11.7. The first-order chi connectivity index (χ1) is 14.8. The number of pyridine rings is 1. The van der Waals surface area contributed by atoms with Crippen LogP contribution in [0, 0.1) is 5.92 Å². The summed E-state index contributed by atoms with van der Waals surface area (Å²) in [6.07, 6.45) is 12.7. The van der Waals surface area contributed by atoms with Crippen LogP contribution in [0.15, 0.2) is 48.5 Å². The van der Waals surface area contributed by atoms with Crippen LogP contribution in [0.5, 0.6) is 5.75 Å². The average molecular weight is 402 g/mol. The molecule has 156 valence electrons. The first-order valence-corrected chi connectivity index (χ1v) is 11.7. The Morgan fingerprint density at radius 1 is 0.933 bits per heavy atom. The molecule has 0 radical (unpaired) electrons. The van der Waals surface area contributed by atoms with Gasteiger partial charge in [0.2, 0.25) is 11.0 Å². The summed E-state index contributed by atoms with van der Waals surface area (Å²) < 4.78 is 7.96. The normalized spacial score (nSPS) is 15.4. The van der Waals surface area contributed by atoms with Gasteiger partial charge in [-0.3, -0.25) is 0 Å². The van der Waals surface area contributed by atoms with Crippen molar-refractivity contribution in [3.8, 4) is 5.75 Å². The SMILES string of the molecule is COc1ccc2[nH+]c3c4ccccc4n(CCCCCC4CCCCC4)c3cc2c1. The van der Waals surface area contributed by atoms with Crippen LogP contribution >= 0.6 is 0 Å². The standard InChI is InChI=1S/C27H32N2O/c1-30-22-15-16-24-21(18-22)19-26-27(28-24)23-13-7-8-14-25(23)29(26)17-9-3-6-12-20-10-4-2-5-11-20/h7-8,13-16,18-20H,2-6,9-12,17H2,1H3/p+1. The second-order valence-corrected chi connectivity index (χ2v) is 9.00. The summed E-state index contributed by atoms with van der Waals surface area (Å²) >= 11 is 0. The van der Waals surface area contributed by atoms with Crippen molar-refractivity contribution >= 4 is 32.8 Å². The van der Waals surface area contributed by atoms with E-state index < -0.39 is 0 Å².